The van der Waals surface area contributed by atoms with Gasteiger partial charge in [-0.1, -0.05) is 0 Å². The van der Waals surface area contributed by atoms with Crippen LogP contribution in [0.1, 0.15) is 54.0 Å². The quantitative estimate of drug-likeness (QED) is 0.660. The van der Waals surface area contributed by atoms with E-state index in [0.717, 1.165) is 38.4 Å². The SMILES string of the molecule is Cc1c[nH]c2ncc(-c3cc4c(c([C@@H]5CCCN5)c3)CCN(C3CCOCC3)C4)cc12. The molecule has 3 aliphatic heterocycles. The van der Waals surface area contributed by atoms with Crippen molar-refractivity contribution in [2.75, 3.05) is 26.3 Å². The van der Waals surface area contributed by atoms with E-state index in [1.165, 1.54) is 65.4 Å². The molecule has 2 N–H and O–H groups in total. The third-order valence-electron chi connectivity index (χ3n) is 7.61. The highest BCUT2D eigenvalue weighted by Crippen LogP contribution is 2.37. The molecule has 0 unspecified atom stereocenters. The molecular formula is C26H32N4O. The van der Waals surface area contributed by atoms with Crippen LogP contribution in [0.2, 0.25) is 0 Å². The first-order chi connectivity index (χ1) is 15.3. The number of H-pyrrole nitrogens is 1. The average Bonchev–Trinajstić information content (AvgIpc) is 3.49. The summed E-state index contributed by atoms with van der Waals surface area (Å²) < 4.78 is 5.62. The number of nitrogens with one attached hydrogen (secondary N) is 2. The second-order valence-corrected chi connectivity index (χ2v) is 9.51. The molecule has 0 bridgehead atoms. The molecule has 5 nitrogen and oxygen atoms in total. The van der Waals surface area contributed by atoms with Crippen LogP contribution in [0.4, 0.5) is 0 Å². The van der Waals surface area contributed by atoms with Crippen molar-refractivity contribution >= 4 is 11.0 Å². The molecule has 6 rings (SSSR count). The fraction of sp³-hybridized carbons (Fsp3) is 0.500. The van der Waals surface area contributed by atoms with E-state index in [1.807, 2.05) is 12.4 Å². The highest BCUT2D eigenvalue weighted by molar-refractivity contribution is 5.84. The zero-order chi connectivity index (χ0) is 20.8. The lowest BCUT2D eigenvalue weighted by Crippen LogP contribution is -2.42. The largest absolute Gasteiger partial charge is 0.381 e. The summed E-state index contributed by atoms with van der Waals surface area (Å²) in [5.41, 5.74) is 9.41. The Morgan fingerprint density at radius 1 is 1.10 bits per heavy atom. The van der Waals surface area contributed by atoms with Crippen molar-refractivity contribution < 1.29 is 4.74 Å². The first kappa shape index (κ1) is 19.5. The topological polar surface area (TPSA) is 53.2 Å². The summed E-state index contributed by atoms with van der Waals surface area (Å²) in [6.45, 7) is 7.34. The van der Waals surface area contributed by atoms with Gasteiger partial charge in [-0.05, 0) is 91.6 Å². The minimum Gasteiger partial charge on any atom is -0.381 e. The fourth-order valence-electron chi connectivity index (χ4n) is 5.84. The van der Waals surface area contributed by atoms with Crippen LogP contribution in [0.5, 0.6) is 0 Å². The first-order valence-electron chi connectivity index (χ1n) is 11.9. The zero-order valence-electron chi connectivity index (χ0n) is 18.4. The Bertz CT molecular complexity index is 1090. The van der Waals surface area contributed by atoms with Gasteiger partial charge in [0, 0.05) is 61.7 Å². The molecule has 2 saturated heterocycles. The van der Waals surface area contributed by atoms with Crippen LogP contribution in [-0.4, -0.2) is 47.2 Å². The van der Waals surface area contributed by atoms with Gasteiger partial charge in [-0.25, -0.2) is 4.98 Å². The molecule has 0 amide bonds. The lowest BCUT2D eigenvalue weighted by Gasteiger charge is -2.38. The van der Waals surface area contributed by atoms with Gasteiger partial charge in [-0.3, -0.25) is 4.90 Å². The van der Waals surface area contributed by atoms with Gasteiger partial charge in [0.25, 0.3) is 0 Å². The summed E-state index contributed by atoms with van der Waals surface area (Å²) in [6, 6.07) is 8.37. The molecule has 3 aromatic rings. The van der Waals surface area contributed by atoms with Gasteiger partial charge in [0.05, 0.1) is 0 Å². The fourth-order valence-corrected chi connectivity index (χ4v) is 5.84. The van der Waals surface area contributed by atoms with Crippen LogP contribution in [-0.2, 0) is 17.7 Å². The molecule has 162 valence electrons. The molecule has 5 heteroatoms. The maximum absolute atomic E-state index is 5.62. The van der Waals surface area contributed by atoms with Crippen molar-refractivity contribution in [1.29, 1.82) is 0 Å². The number of aromatic nitrogens is 2. The summed E-state index contributed by atoms with van der Waals surface area (Å²) in [5, 5.41) is 4.98. The van der Waals surface area contributed by atoms with Crippen molar-refractivity contribution in [3.05, 3.63) is 52.8 Å². The van der Waals surface area contributed by atoms with E-state index in [0.29, 0.717) is 12.1 Å². The number of nitrogens with zero attached hydrogens (tertiary/aromatic N) is 2. The Morgan fingerprint density at radius 3 is 2.84 bits per heavy atom. The van der Waals surface area contributed by atoms with Gasteiger partial charge in [-0.15, -0.1) is 0 Å². The normalized spacial score (nSPS) is 22.8. The van der Waals surface area contributed by atoms with Crippen LogP contribution < -0.4 is 5.32 Å². The summed E-state index contributed by atoms with van der Waals surface area (Å²) >= 11 is 0. The smallest absolute Gasteiger partial charge is 0.137 e. The minimum atomic E-state index is 0.494. The number of hydrogen-bond acceptors (Lipinski definition) is 4. The minimum absolute atomic E-state index is 0.494. The molecular weight excluding hydrogens is 384 g/mol. The standard InChI is InChI=1S/C26H32N4O/c1-17-14-28-26-23(17)13-19(15-29-26)18-11-20-16-30(21-5-9-31-10-6-21)8-4-22(20)24(12-18)25-3-2-7-27-25/h11-15,21,25,27H,2-10,16H2,1H3,(H,28,29)/t25-/m0/s1. The van der Waals surface area contributed by atoms with Crippen molar-refractivity contribution in [1.82, 2.24) is 20.2 Å². The molecule has 0 radical (unpaired) electrons. The van der Waals surface area contributed by atoms with Gasteiger partial charge >= 0.3 is 0 Å². The maximum Gasteiger partial charge on any atom is 0.137 e. The molecule has 3 aliphatic rings. The van der Waals surface area contributed by atoms with Crippen molar-refractivity contribution in [2.45, 2.75) is 57.7 Å². The van der Waals surface area contributed by atoms with Crippen LogP contribution in [0.3, 0.4) is 0 Å². The van der Waals surface area contributed by atoms with E-state index in [4.69, 9.17) is 9.72 Å². The van der Waals surface area contributed by atoms with E-state index in [-0.39, 0.29) is 0 Å². The number of ether oxygens (including phenoxy) is 1. The van der Waals surface area contributed by atoms with Gasteiger partial charge in [0.15, 0.2) is 0 Å². The molecule has 2 aromatic heterocycles. The number of hydrogen-bond donors (Lipinski definition) is 2. The molecule has 1 aromatic carbocycles. The molecule has 0 spiro atoms. The first-order valence-corrected chi connectivity index (χ1v) is 11.9. The Hall–Kier alpha value is -2.21. The summed E-state index contributed by atoms with van der Waals surface area (Å²) in [4.78, 5) is 10.7. The molecule has 5 heterocycles. The summed E-state index contributed by atoms with van der Waals surface area (Å²) in [5.74, 6) is 0. The second kappa shape index (κ2) is 8.05. The van der Waals surface area contributed by atoms with E-state index in [1.54, 1.807) is 5.56 Å². The van der Waals surface area contributed by atoms with E-state index >= 15 is 0 Å². The highest BCUT2D eigenvalue weighted by Gasteiger charge is 2.29. The predicted octanol–water partition coefficient (Wildman–Crippen LogP) is 4.50. The number of aromatic amines is 1. The molecule has 0 saturated carbocycles. The number of fused-ring (bicyclic) bond motifs is 2. The Balaban J connectivity index is 1.41. The van der Waals surface area contributed by atoms with Gasteiger partial charge < -0.3 is 15.0 Å². The Labute approximate surface area is 184 Å². The van der Waals surface area contributed by atoms with Crippen molar-refractivity contribution in [2.24, 2.45) is 0 Å². The third-order valence-corrected chi connectivity index (χ3v) is 7.61. The van der Waals surface area contributed by atoms with E-state index < -0.39 is 0 Å². The van der Waals surface area contributed by atoms with Crippen molar-refractivity contribution in [3.63, 3.8) is 0 Å². The average molecular weight is 417 g/mol. The van der Waals surface area contributed by atoms with E-state index in [9.17, 15) is 0 Å². The van der Waals surface area contributed by atoms with Crippen LogP contribution in [0.15, 0.2) is 30.6 Å². The number of rotatable bonds is 3. The molecule has 0 aliphatic carbocycles. The van der Waals surface area contributed by atoms with Crippen LogP contribution in [0.25, 0.3) is 22.2 Å². The Morgan fingerprint density at radius 2 is 2.00 bits per heavy atom. The molecule has 2 fully saturated rings. The maximum atomic E-state index is 5.62. The number of benzene rings is 1. The Kier molecular flexibility index (Phi) is 5.05. The van der Waals surface area contributed by atoms with Gasteiger partial charge in [0.2, 0.25) is 0 Å². The molecule has 1 atom stereocenters. The number of pyridine rings is 1. The second-order valence-electron chi connectivity index (χ2n) is 9.51. The highest BCUT2D eigenvalue weighted by atomic mass is 16.5. The summed E-state index contributed by atoms with van der Waals surface area (Å²) in [7, 11) is 0. The zero-order valence-corrected chi connectivity index (χ0v) is 18.4. The van der Waals surface area contributed by atoms with Crippen LogP contribution >= 0.6 is 0 Å². The lowest BCUT2D eigenvalue weighted by molar-refractivity contribution is 0.0290. The summed E-state index contributed by atoms with van der Waals surface area (Å²) in [6.07, 6.45) is 10.1. The van der Waals surface area contributed by atoms with Gasteiger partial charge in [-0.2, -0.15) is 0 Å². The predicted molar refractivity (Wildman–Crippen MR) is 124 cm³/mol. The van der Waals surface area contributed by atoms with E-state index in [2.05, 4.69) is 40.3 Å². The van der Waals surface area contributed by atoms with Crippen LogP contribution in [0, 0.1) is 6.92 Å². The third kappa shape index (κ3) is 3.59. The lowest BCUT2D eigenvalue weighted by atomic mass is 9.86. The number of aryl methyl sites for hydroxylation is 1. The molecule has 31 heavy (non-hydrogen) atoms. The van der Waals surface area contributed by atoms with Crippen molar-refractivity contribution in [3.8, 4) is 11.1 Å². The monoisotopic (exact) mass is 416 g/mol. The van der Waals surface area contributed by atoms with Gasteiger partial charge in [0.1, 0.15) is 5.65 Å².